The highest BCUT2D eigenvalue weighted by atomic mass is 15.2. The third kappa shape index (κ3) is 7.99. The Morgan fingerprint density at radius 2 is 0.885 bits per heavy atom. The molecule has 0 N–H and O–H groups in total. The molecule has 0 amide bonds. The number of para-hydroxylation sites is 2. The molecule has 388 valence electrons. The van der Waals surface area contributed by atoms with Crippen molar-refractivity contribution in [1.82, 2.24) is 0 Å². The third-order valence-electron chi connectivity index (χ3n) is 18.5. The van der Waals surface area contributed by atoms with Gasteiger partial charge in [-0.05, 0) is 186 Å². The molecular weight excluding hydrogens is 942 g/mol. The second-order valence-corrected chi connectivity index (χ2v) is 26.8. The van der Waals surface area contributed by atoms with Crippen molar-refractivity contribution in [1.29, 1.82) is 0 Å². The number of aryl methyl sites for hydroxylation is 1. The van der Waals surface area contributed by atoms with Gasteiger partial charge in [-0.3, -0.25) is 0 Å². The molecule has 3 nitrogen and oxygen atoms in total. The Hall–Kier alpha value is -7.56. The summed E-state index contributed by atoms with van der Waals surface area (Å²) >= 11 is 0. The SMILES string of the molecule is Cc1cc2c(cc1N1c3cc4c(cc3B3c5ccc(-c6ccccc6)cc5N(c5ccc(C(C)(C)C)cc5-c5ccccc5)c5cc(N(c6ccccc6)c6ccccc6)cc1c53)C(C)(C)CCC4(C)C)C(C)(C)CC2(C)C. The second kappa shape index (κ2) is 17.7. The first-order chi connectivity index (χ1) is 37.2. The van der Waals surface area contributed by atoms with Crippen molar-refractivity contribution in [2.75, 3.05) is 14.7 Å². The Balaban J connectivity index is 1.22. The molecule has 0 aromatic heterocycles. The van der Waals surface area contributed by atoms with Crippen LogP contribution in [0.2, 0.25) is 0 Å². The van der Waals surface area contributed by atoms with Crippen molar-refractivity contribution < 1.29 is 0 Å². The second-order valence-electron chi connectivity index (χ2n) is 26.8. The van der Waals surface area contributed by atoms with Gasteiger partial charge in [0.1, 0.15) is 0 Å². The van der Waals surface area contributed by atoms with Crippen LogP contribution in [-0.4, -0.2) is 6.71 Å². The molecule has 0 saturated carbocycles. The van der Waals surface area contributed by atoms with Gasteiger partial charge in [-0.15, -0.1) is 0 Å². The maximum absolute atomic E-state index is 2.74. The van der Waals surface area contributed by atoms with E-state index in [1.54, 1.807) is 0 Å². The molecule has 9 aromatic rings. The van der Waals surface area contributed by atoms with Gasteiger partial charge in [0, 0.05) is 45.4 Å². The van der Waals surface area contributed by atoms with Crippen molar-refractivity contribution in [3.8, 4) is 22.3 Å². The number of anilines is 9. The van der Waals surface area contributed by atoms with Crippen molar-refractivity contribution in [3.05, 3.63) is 228 Å². The summed E-state index contributed by atoms with van der Waals surface area (Å²) in [5.74, 6) is 0. The van der Waals surface area contributed by atoms with E-state index in [2.05, 4.69) is 292 Å². The van der Waals surface area contributed by atoms with Gasteiger partial charge in [-0.25, -0.2) is 0 Å². The number of nitrogens with zero attached hydrogens (tertiary/aromatic N) is 3. The van der Waals surface area contributed by atoms with Gasteiger partial charge >= 0.3 is 0 Å². The van der Waals surface area contributed by atoms with Crippen LogP contribution in [0, 0.1) is 6.92 Å². The van der Waals surface area contributed by atoms with Gasteiger partial charge < -0.3 is 14.7 Å². The average Bonchev–Trinajstić information content (AvgIpc) is 3.51. The largest absolute Gasteiger partial charge is 0.311 e. The summed E-state index contributed by atoms with van der Waals surface area (Å²) in [5.41, 5.74) is 28.0. The van der Waals surface area contributed by atoms with Gasteiger partial charge in [0.2, 0.25) is 0 Å². The molecule has 0 atom stereocenters. The molecular formula is C74H74BN3. The van der Waals surface area contributed by atoms with Crippen LogP contribution in [0.1, 0.15) is 129 Å². The van der Waals surface area contributed by atoms with Gasteiger partial charge in [0.05, 0.1) is 11.4 Å². The summed E-state index contributed by atoms with van der Waals surface area (Å²) in [6.45, 7) is 29.1. The number of rotatable bonds is 7. The minimum absolute atomic E-state index is 0.00224. The molecule has 0 fully saturated rings. The lowest BCUT2D eigenvalue weighted by molar-refractivity contribution is 0.332. The van der Waals surface area contributed by atoms with Crippen molar-refractivity contribution in [3.63, 3.8) is 0 Å². The molecule has 2 aliphatic carbocycles. The Morgan fingerprint density at radius 3 is 1.46 bits per heavy atom. The highest BCUT2D eigenvalue weighted by Gasteiger charge is 2.49. The normalized spacial score (nSPS) is 16.9. The van der Waals surface area contributed by atoms with E-state index in [1.807, 2.05) is 0 Å². The Morgan fingerprint density at radius 1 is 0.397 bits per heavy atom. The molecule has 0 spiro atoms. The first-order valence-electron chi connectivity index (χ1n) is 28.6. The number of benzene rings is 9. The summed E-state index contributed by atoms with van der Waals surface area (Å²) in [7, 11) is 0. The van der Waals surface area contributed by atoms with E-state index in [0.29, 0.717) is 0 Å². The van der Waals surface area contributed by atoms with Gasteiger partial charge in [-0.1, -0.05) is 204 Å². The maximum atomic E-state index is 2.74. The van der Waals surface area contributed by atoms with Crippen LogP contribution in [0.15, 0.2) is 194 Å². The summed E-state index contributed by atoms with van der Waals surface area (Å²) in [6.07, 6.45) is 3.39. The van der Waals surface area contributed by atoms with E-state index in [9.17, 15) is 0 Å². The van der Waals surface area contributed by atoms with Crippen LogP contribution in [0.4, 0.5) is 51.2 Å². The molecule has 9 aromatic carbocycles. The summed E-state index contributed by atoms with van der Waals surface area (Å²) in [5, 5.41) is 0. The third-order valence-corrected chi connectivity index (χ3v) is 18.5. The minimum atomic E-state index is -0.0708. The summed E-state index contributed by atoms with van der Waals surface area (Å²) in [4.78, 5) is 7.88. The highest BCUT2D eigenvalue weighted by molar-refractivity contribution is 7.00. The van der Waals surface area contributed by atoms with Crippen molar-refractivity contribution in [2.24, 2.45) is 0 Å². The van der Waals surface area contributed by atoms with Crippen LogP contribution < -0.4 is 31.1 Å². The van der Waals surface area contributed by atoms with E-state index >= 15 is 0 Å². The molecule has 2 aliphatic heterocycles. The first kappa shape index (κ1) is 50.0. The minimum Gasteiger partial charge on any atom is -0.311 e. The predicted molar refractivity (Wildman–Crippen MR) is 335 cm³/mol. The highest BCUT2D eigenvalue weighted by Crippen LogP contribution is 2.56. The Labute approximate surface area is 465 Å². The van der Waals surface area contributed by atoms with Gasteiger partial charge in [0.15, 0.2) is 0 Å². The topological polar surface area (TPSA) is 9.72 Å². The molecule has 4 aliphatic rings. The van der Waals surface area contributed by atoms with Crippen molar-refractivity contribution >= 4 is 74.3 Å². The van der Waals surface area contributed by atoms with E-state index in [0.717, 1.165) is 42.0 Å². The average molecular weight is 1020 g/mol. The zero-order valence-corrected chi connectivity index (χ0v) is 48.0. The number of fused-ring (bicyclic) bond motifs is 6. The monoisotopic (exact) mass is 1020 g/mol. The predicted octanol–water partition coefficient (Wildman–Crippen LogP) is 18.5. The van der Waals surface area contributed by atoms with Gasteiger partial charge in [0.25, 0.3) is 6.71 Å². The Kier molecular flexibility index (Phi) is 11.4. The van der Waals surface area contributed by atoms with Crippen LogP contribution in [-0.2, 0) is 27.1 Å². The van der Waals surface area contributed by atoms with Crippen molar-refractivity contribution in [2.45, 2.75) is 129 Å². The van der Waals surface area contributed by atoms with Crippen LogP contribution in [0.5, 0.6) is 0 Å². The van der Waals surface area contributed by atoms with E-state index in [-0.39, 0.29) is 33.8 Å². The Bertz CT molecular complexity index is 3790. The fourth-order valence-electron chi connectivity index (χ4n) is 14.5. The molecule has 2 heterocycles. The van der Waals surface area contributed by atoms with Crippen LogP contribution >= 0.6 is 0 Å². The maximum Gasteiger partial charge on any atom is 0.252 e. The molecule has 0 saturated heterocycles. The fraction of sp³-hybridized carbons (Fsp3) is 0.270. The molecule has 0 bridgehead atoms. The smallest absolute Gasteiger partial charge is 0.252 e. The van der Waals surface area contributed by atoms with Crippen LogP contribution in [0.3, 0.4) is 0 Å². The number of hydrogen-bond acceptors (Lipinski definition) is 3. The van der Waals surface area contributed by atoms with Gasteiger partial charge in [-0.2, -0.15) is 0 Å². The molecule has 0 radical (unpaired) electrons. The van der Waals surface area contributed by atoms with E-state index in [4.69, 9.17) is 0 Å². The molecule has 78 heavy (non-hydrogen) atoms. The number of hydrogen-bond donors (Lipinski definition) is 0. The summed E-state index contributed by atoms with van der Waals surface area (Å²) in [6, 6.07) is 74.4. The van der Waals surface area contributed by atoms with E-state index in [1.165, 1.54) is 100 Å². The zero-order chi connectivity index (χ0) is 54.3. The van der Waals surface area contributed by atoms with Crippen LogP contribution in [0.25, 0.3) is 22.3 Å². The lowest BCUT2D eigenvalue weighted by Crippen LogP contribution is -2.62. The summed E-state index contributed by atoms with van der Waals surface area (Å²) < 4.78 is 0. The fourth-order valence-corrected chi connectivity index (χ4v) is 14.5. The standard InChI is InChI=1S/C74H74BN3/c1-48-39-57-60(74(11,12)47-73(57,9)10)45-64(48)78-66-46-59-58(71(5,6)37-38-72(59,7)8)44-62(66)75-61-35-33-51(49-25-17-13-18-26-49)40-65(61)77(63-36-34-52(70(2,3)4)41-56(63)50-27-19-14-20-28-50)67-42-55(43-68(78)69(67)75)76(53-29-21-15-22-30-53)54-31-23-16-24-32-54/h13-36,39-46H,37-38,47H2,1-12H3. The van der Waals surface area contributed by atoms with E-state index < -0.39 is 0 Å². The first-order valence-corrected chi connectivity index (χ1v) is 28.6. The zero-order valence-electron chi connectivity index (χ0n) is 48.0. The lowest BCUT2D eigenvalue weighted by Gasteiger charge is -2.48. The molecule has 13 rings (SSSR count). The lowest BCUT2D eigenvalue weighted by atomic mass is 9.33. The molecule has 4 heteroatoms. The quantitative estimate of drug-likeness (QED) is 0.147. The molecule has 0 unspecified atom stereocenters.